The number of rotatable bonds is 5. The van der Waals surface area contributed by atoms with Crippen LogP contribution in [-0.2, 0) is 9.53 Å². The lowest BCUT2D eigenvalue weighted by molar-refractivity contribution is -0.139. The van der Waals surface area contributed by atoms with Crippen molar-refractivity contribution in [2.75, 3.05) is 19.0 Å². The highest BCUT2D eigenvalue weighted by molar-refractivity contribution is 6.30. The van der Waals surface area contributed by atoms with Crippen molar-refractivity contribution in [1.29, 1.82) is 0 Å². The van der Waals surface area contributed by atoms with E-state index in [9.17, 15) is 9.18 Å². The molecule has 0 aliphatic carbocycles. The molecule has 1 unspecified atom stereocenters. The van der Waals surface area contributed by atoms with E-state index in [0.717, 1.165) is 6.07 Å². The Labute approximate surface area is 97.0 Å². The predicted octanol–water partition coefficient (Wildman–Crippen LogP) is 1.99. The van der Waals surface area contributed by atoms with Gasteiger partial charge in [-0.25, -0.2) is 9.18 Å². The normalized spacial score (nSPS) is 12.2. The number of methoxy groups -OCH3 is 1. The van der Waals surface area contributed by atoms with Crippen LogP contribution in [0.2, 0.25) is 5.02 Å². The van der Waals surface area contributed by atoms with Crippen LogP contribution in [0.5, 0.6) is 0 Å². The van der Waals surface area contributed by atoms with Gasteiger partial charge in [-0.15, -0.1) is 0 Å². The van der Waals surface area contributed by atoms with Gasteiger partial charge in [0.05, 0.1) is 11.6 Å². The Kier molecular flexibility index (Phi) is 4.52. The lowest BCUT2D eigenvalue weighted by Gasteiger charge is -2.14. The molecule has 0 radical (unpaired) electrons. The van der Waals surface area contributed by atoms with Gasteiger partial charge in [-0.3, -0.25) is 0 Å². The third-order valence-corrected chi connectivity index (χ3v) is 2.20. The van der Waals surface area contributed by atoms with Crippen molar-refractivity contribution in [1.82, 2.24) is 0 Å². The molecule has 0 aliphatic rings. The largest absolute Gasteiger partial charge is 0.480 e. The maximum absolute atomic E-state index is 13.1. The first-order valence-corrected chi connectivity index (χ1v) is 4.85. The highest BCUT2D eigenvalue weighted by atomic mass is 35.5. The minimum Gasteiger partial charge on any atom is -0.480 e. The van der Waals surface area contributed by atoms with Crippen LogP contribution in [0.1, 0.15) is 0 Å². The number of ether oxygens (including phenoxy) is 1. The number of carboxylic acid groups (broad SMARTS) is 1. The number of aliphatic carboxylic acids is 1. The molecule has 2 N–H and O–H groups in total. The van der Waals surface area contributed by atoms with Gasteiger partial charge in [-0.05, 0) is 18.2 Å². The summed E-state index contributed by atoms with van der Waals surface area (Å²) in [7, 11) is 1.39. The second-order valence-corrected chi connectivity index (χ2v) is 3.53. The standard InChI is InChI=1S/C10H11ClFNO3/c1-16-5-9(10(14)15)13-6-2-3-7(11)8(12)4-6/h2-4,9,13H,5H2,1H3,(H,14,15). The molecule has 1 atom stereocenters. The number of halogens is 2. The van der Waals surface area contributed by atoms with Gasteiger partial charge in [0.2, 0.25) is 0 Å². The van der Waals surface area contributed by atoms with Crippen LogP contribution in [0.25, 0.3) is 0 Å². The number of hydrogen-bond acceptors (Lipinski definition) is 3. The van der Waals surface area contributed by atoms with Gasteiger partial charge >= 0.3 is 5.97 Å². The summed E-state index contributed by atoms with van der Waals surface area (Å²) in [5, 5.41) is 11.4. The van der Waals surface area contributed by atoms with E-state index in [4.69, 9.17) is 21.4 Å². The van der Waals surface area contributed by atoms with Crippen LogP contribution in [0, 0.1) is 5.82 Å². The SMILES string of the molecule is COCC(Nc1ccc(Cl)c(F)c1)C(=O)O. The van der Waals surface area contributed by atoms with E-state index in [-0.39, 0.29) is 11.6 Å². The zero-order valence-electron chi connectivity index (χ0n) is 8.54. The van der Waals surface area contributed by atoms with Gasteiger partial charge < -0.3 is 15.2 Å². The molecule has 0 saturated carbocycles. The van der Waals surface area contributed by atoms with Crippen LogP contribution < -0.4 is 5.32 Å². The summed E-state index contributed by atoms with van der Waals surface area (Å²) in [6, 6.07) is 3.06. The average Bonchev–Trinajstić information content (AvgIpc) is 2.22. The Hall–Kier alpha value is -1.33. The summed E-state index contributed by atoms with van der Waals surface area (Å²) < 4.78 is 17.8. The first-order chi connectivity index (χ1) is 7.54. The van der Waals surface area contributed by atoms with Gasteiger partial charge in [-0.2, -0.15) is 0 Å². The Bertz CT molecular complexity index is 386. The number of carbonyl (C=O) groups is 1. The molecule has 1 rings (SSSR count). The van der Waals surface area contributed by atoms with Crippen LogP contribution >= 0.6 is 11.6 Å². The zero-order chi connectivity index (χ0) is 12.1. The van der Waals surface area contributed by atoms with Crippen molar-refractivity contribution < 1.29 is 19.0 Å². The lowest BCUT2D eigenvalue weighted by atomic mass is 10.2. The maximum Gasteiger partial charge on any atom is 0.328 e. The van der Waals surface area contributed by atoms with Gasteiger partial charge in [-0.1, -0.05) is 11.6 Å². The highest BCUT2D eigenvalue weighted by Crippen LogP contribution is 2.19. The van der Waals surface area contributed by atoms with E-state index in [0.29, 0.717) is 5.69 Å². The smallest absolute Gasteiger partial charge is 0.328 e. The molecular weight excluding hydrogens is 237 g/mol. The molecule has 88 valence electrons. The second kappa shape index (κ2) is 5.67. The van der Waals surface area contributed by atoms with Crippen molar-refractivity contribution in [3.8, 4) is 0 Å². The fourth-order valence-corrected chi connectivity index (χ4v) is 1.25. The van der Waals surface area contributed by atoms with Crippen LogP contribution in [-0.4, -0.2) is 30.8 Å². The van der Waals surface area contributed by atoms with E-state index >= 15 is 0 Å². The molecule has 0 fully saturated rings. The summed E-state index contributed by atoms with van der Waals surface area (Å²) in [5.41, 5.74) is 0.339. The minimum atomic E-state index is -1.07. The van der Waals surface area contributed by atoms with Crippen molar-refractivity contribution in [3.63, 3.8) is 0 Å². The van der Waals surface area contributed by atoms with Gasteiger partial charge in [0.1, 0.15) is 11.9 Å². The van der Waals surface area contributed by atoms with Gasteiger partial charge in [0.25, 0.3) is 0 Å². The molecule has 0 aliphatic heterocycles. The van der Waals surface area contributed by atoms with Gasteiger partial charge in [0, 0.05) is 12.8 Å². The third-order valence-electron chi connectivity index (χ3n) is 1.89. The monoisotopic (exact) mass is 247 g/mol. The average molecular weight is 248 g/mol. The summed E-state index contributed by atoms with van der Waals surface area (Å²) in [5.74, 6) is -1.68. The first-order valence-electron chi connectivity index (χ1n) is 4.48. The third kappa shape index (κ3) is 3.36. The molecule has 0 amide bonds. The molecule has 4 nitrogen and oxygen atoms in total. The van der Waals surface area contributed by atoms with Crippen molar-refractivity contribution >= 4 is 23.3 Å². The maximum atomic E-state index is 13.1. The van der Waals surface area contributed by atoms with E-state index in [2.05, 4.69) is 5.32 Å². The number of anilines is 1. The molecular formula is C10H11ClFNO3. The van der Waals surface area contributed by atoms with Crippen LogP contribution in [0.3, 0.4) is 0 Å². The molecule has 0 aromatic heterocycles. The molecule has 6 heteroatoms. The second-order valence-electron chi connectivity index (χ2n) is 3.12. The molecule has 0 heterocycles. The van der Waals surface area contributed by atoms with E-state index in [1.54, 1.807) is 0 Å². The molecule has 0 saturated heterocycles. The number of carboxylic acids is 1. The number of benzene rings is 1. The lowest BCUT2D eigenvalue weighted by Crippen LogP contribution is -2.33. The van der Waals surface area contributed by atoms with Gasteiger partial charge in [0.15, 0.2) is 0 Å². The molecule has 16 heavy (non-hydrogen) atoms. The topological polar surface area (TPSA) is 58.6 Å². The van der Waals surface area contributed by atoms with Crippen LogP contribution in [0.4, 0.5) is 10.1 Å². The number of nitrogens with one attached hydrogen (secondary N) is 1. The molecule has 1 aromatic rings. The first kappa shape index (κ1) is 12.7. The summed E-state index contributed by atoms with van der Waals surface area (Å²) >= 11 is 5.50. The Morgan fingerprint density at radius 1 is 1.69 bits per heavy atom. The Morgan fingerprint density at radius 2 is 2.38 bits per heavy atom. The van der Waals surface area contributed by atoms with Crippen LogP contribution in [0.15, 0.2) is 18.2 Å². The number of hydrogen-bond donors (Lipinski definition) is 2. The predicted molar refractivity (Wildman–Crippen MR) is 58.3 cm³/mol. The summed E-state index contributed by atoms with van der Waals surface area (Å²) in [6.07, 6.45) is 0. The van der Waals surface area contributed by atoms with E-state index in [1.165, 1.54) is 19.2 Å². The summed E-state index contributed by atoms with van der Waals surface area (Å²) in [4.78, 5) is 10.8. The van der Waals surface area contributed by atoms with E-state index < -0.39 is 17.8 Å². The molecule has 0 bridgehead atoms. The highest BCUT2D eigenvalue weighted by Gasteiger charge is 2.17. The Morgan fingerprint density at radius 3 is 2.88 bits per heavy atom. The van der Waals surface area contributed by atoms with Crippen molar-refractivity contribution in [2.24, 2.45) is 0 Å². The van der Waals surface area contributed by atoms with Crippen molar-refractivity contribution in [2.45, 2.75) is 6.04 Å². The fourth-order valence-electron chi connectivity index (χ4n) is 1.13. The summed E-state index contributed by atoms with van der Waals surface area (Å²) in [6.45, 7) is -0.0143. The molecule has 1 aromatic carbocycles. The molecule has 0 spiro atoms. The fraction of sp³-hybridized carbons (Fsp3) is 0.300. The quantitative estimate of drug-likeness (QED) is 0.836. The zero-order valence-corrected chi connectivity index (χ0v) is 9.29. The van der Waals surface area contributed by atoms with E-state index in [1.807, 2.05) is 0 Å². The Balaban J connectivity index is 2.77. The van der Waals surface area contributed by atoms with Crippen molar-refractivity contribution in [3.05, 3.63) is 29.0 Å². The minimum absolute atomic E-state index is 0.0100.